The van der Waals surface area contributed by atoms with E-state index in [1.165, 1.54) is 9.35 Å². The number of hydrogen-bond donors (Lipinski definition) is 1. The topological polar surface area (TPSA) is 12.0 Å². The maximum atomic E-state index is 5.64. The molecule has 0 fully saturated rings. The minimum Gasteiger partial charge on any atom is -0.309 e. The van der Waals surface area contributed by atoms with Gasteiger partial charge in [0.1, 0.15) is 0 Å². The van der Waals surface area contributed by atoms with E-state index in [4.69, 9.17) is 11.6 Å². The van der Waals surface area contributed by atoms with Crippen molar-refractivity contribution in [1.82, 2.24) is 5.32 Å². The van der Waals surface area contributed by atoms with E-state index in [1.807, 2.05) is 0 Å². The Hall–Kier alpha value is 0.430. The molecule has 0 aliphatic rings. The first-order valence-electron chi connectivity index (χ1n) is 4.75. The first-order chi connectivity index (χ1) is 6.74. The van der Waals surface area contributed by atoms with E-state index in [9.17, 15) is 0 Å². The Kier molecular flexibility index (Phi) is 6.10. The molecule has 0 amide bonds. The van der Waals surface area contributed by atoms with Crippen LogP contribution in [0.25, 0.3) is 0 Å². The number of rotatable bonds is 6. The second-order valence-electron chi connectivity index (χ2n) is 3.30. The molecule has 1 atom stereocenters. The summed E-state index contributed by atoms with van der Waals surface area (Å²) in [6.45, 7) is 3.15. The second kappa shape index (κ2) is 6.83. The summed E-state index contributed by atoms with van der Waals surface area (Å²) in [7, 11) is 0. The summed E-state index contributed by atoms with van der Waals surface area (Å²) in [6, 6.07) is 2.63. The highest BCUT2D eigenvalue weighted by molar-refractivity contribution is 9.10. The van der Waals surface area contributed by atoms with E-state index >= 15 is 0 Å². The van der Waals surface area contributed by atoms with Crippen molar-refractivity contribution in [3.63, 3.8) is 0 Å². The van der Waals surface area contributed by atoms with Crippen molar-refractivity contribution in [2.75, 3.05) is 5.88 Å². The Morgan fingerprint density at radius 1 is 1.64 bits per heavy atom. The van der Waals surface area contributed by atoms with Gasteiger partial charge in [-0.2, -0.15) is 0 Å². The van der Waals surface area contributed by atoms with Crippen LogP contribution < -0.4 is 5.32 Å². The van der Waals surface area contributed by atoms with Crippen LogP contribution in [0.5, 0.6) is 0 Å². The lowest BCUT2D eigenvalue weighted by atomic mass is 10.2. The molecule has 80 valence electrons. The van der Waals surface area contributed by atoms with Crippen LogP contribution >= 0.6 is 38.9 Å². The highest BCUT2D eigenvalue weighted by Gasteiger charge is 2.04. The predicted octanol–water partition coefficient (Wildman–Crippen LogP) is 4.01. The van der Waals surface area contributed by atoms with Crippen molar-refractivity contribution in [2.45, 2.75) is 32.4 Å². The van der Waals surface area contributed by atoms with E-state index in [0.29, 0.717) is 6.04 Å². The Labute approximate surface area is 103 Å². The lowest BCUT2D eigenvalue weighted by Crippen LogP contribution is -2.25. The first kappa shape index (κ1) is 12.5. The summed E-state index contributed by atoms with van der Waals surface area (Å²) in [6.07, 6.45) is 2.23. The number of halogens is 2. The van der Waals surface area contributed by atoms with Gasteiger partial charge in [0.2, 0.25) is 0 Å². The molecule has 0 aromatic carbocycles. The van der Waals surface area contributed by atoms with Crippen LogP contribution in [0.15, 0.2) is 15.9 Å². The van der Waals surface area contributed by atoms with Crippen molar-refractivity contribution in [1.29, 1.82) is 0 Å². The number of nitrogens with one attached hydrogen (secondary N) is 1. The van der Waals surface area contributed by atoms with E-state index in [-0.39, 0.29) is 0 Å². The second-order valence-corrected chi connectivity index (χ2v) is 5.54. The molecule has 1 rings (SSSR count). The molecule has 0 aliphatic carbocycles. The van der Waals surface area contributed by atoms with Crippen LogP contribution in [0.2, 0.25) is 0 Å². The van der Waals surface area contributed by atoms with Crippen LogP contribution in [0.4, 0.5) is 0 Å². The van der Waals surface area contributed by atoms with Gasteiger partial charge in [-0.05, 0) is 47.1 Å². The molecule has 0 aliphatic heterocycles. The average molecular weight is 297 g/mol. The molecule has 0 radical (unpaired) electrons. The summed E-state index contributed by atoms with van der Waals surface area (Å²) in [5.74, 6) is 0.759. The van der Waals surface area contributed by atoms with Gasteiger partial charge < -0.3 is 5.32 Å². The molecule has 0 spiro atoms. The predicted molar refractivity (Wildman–Crippen MR) is 68.3 cm³/mol. The summed E-state index contributed by atoms with van der Waals surface area (Å²) in [4.78, 5) is 1.36. The molecule has 4 heteroatoms. The average Bonchev–Trinajstić information content (AvgIpc) is 2.58. The number of hydrogen-bond acceptors (Lipinski definition) is 2. The fraction of sp³-hybridized carbons (Fsp3) is 0.600. The number of alkyl halides is 1. The fourth-order valence-electron chi connectivity index (χ4n) is 1.20. The Balaban J connectivity index is 2.23. The maximum Gasteiger partial charge on any atom is 0.0327 e. The van der Waals surface area contributed by atoms with E-state index in [0.717, 1.165) is 25.3 Å². The molecule has 1 nitrogen and oxygen atoms in total. The van der Waals surface area contributed by atoms with Gasteiger partial charge in [0, 0.05) is 27.8 Å². The van der Waals surface area contributed by atoms with E-state index < -0.39 is 0 Å². The lowest BCUT2D eigenvalue weighted by molar-refractivity contribution is 0.511. The smallest absolute Gasteiger partial charge is 0.0327 e. The highest BCUT2D eigenvalue weighted by atomic mass is 79.9. The van der Waals surface area contributed by atoms with Gasteiger partial charge in [-0.3, -0.25) is 0 Å². The van der Waals surface area contributed by atoms with Gasteiger partial charge >= 0.3 is 0 Å². The van der Waals surface area contributed by atoms with Crippen LogP contribution in [0.3, 0.4) is 0 Å². The summed E-state index contributed by atoms with van der Waals surface area (Å²) in [5, 5.41) is 5.58. The molecule has 14 heavy (non-hydrogen) atoms. The minimum absolute atomic E-state index is 0.544. The Morgan fingerprint density at radius 3 is 3.00 bits per heavy atom. The van der Waals surface area contributed by atoms with Crippen molar-refractivity contribution >= 4 is 38.9 Å². The number of thiophene rings is 1. The third-order valence-corrected chi connectivity index (χ3v) is 4.27. The van der Waals surface area contributed by atoms with Crippen LogP contribution in [-0.2, 0) is 6.54 Å². The quantitative estimate of drug-likeness (QED) is 0.782. The van der Waals surface area contributed by atoms with Crippen molar-refractivity contribution in [2.24, 2.45) is 0 Å². The molecule has 1 aromatic heterocycles. The van der Waals surface area contributed by atoms with E-state index in [1.54, 1.807) is 11.3 Å². The van der Waals surface area contributed by atoms with Gasteiger partial charge in [-0.15, -0.1) is 22.9 Å². The summed E-state index contributed by atoms with van der Waals surface area (Å²) >= 11 is 10.9. The molecule has 0 saturated carbocycles. The first-order valence-corrected chi connectivity index (χ1v) is 6.96. The van der Waals surface area contributed by atoms with Crippen LogP contribution in [-0.4, -0.2) is 11.9 Å². The molecule has 0 saturated heterocycles. The third-order valence-electron chi connectivity index (χ3n) is 2.07. The molecule has 1 aromatic rings. The zero-order valence-electron chi connectivity index (χ0n) is 8.22. The monoisotopic (exact) mass is 295 g/mol. The molecular weight excluding hydrogens is 282 g/mol. The highest BCUT2D eigenvalue weighted by Crippen LogP contribution is 2.22. The normalized spacial score (nSPS) is 13.1. The molecule has 1 N–H and O–H groups in total. The molecule has 1 heterocycles. The standard InChI is InChI=1S/C10H15BrClNS/c1-8(3-2-5-12)13-7-10-9(11)4-6-14-10/h4,6,8,13H,2-3,5,7H2,1H3. The lowest BCUT2D eigenvalue weighted by Gasteiger charge is -2.12. The maximum absolute atomic E-state index is 5.64. The van der Waals surface area contributed by atoms with Crippen LogP contribution in [0.1, 0.15) is 24.6 Å². The molecule has 0 bridgehead atoms. The van der Waals surface area contributed by atoms with Crippen molar-refractivity contribution in [3.8, 4) is 0 Å². The van der Waals surface area contributed by atoms with Crippen molar-refractivity contribution < 1.29 is 0 Å². The van der Waals surface area contributed by atoms with Gasteiger partial charge in [0.15, 0.2) is 0 Å². The molecule has 1 unspecified atom stereocenters. The third kappa shape index (κ3) is 4.30. The summed E-state index contributed by atoms with van der Waals surface area (Å²) in [5.41, 5.74) is 0. The largest absolute Gasteiger partial charge is 0.309 e. The zero-order chi connectivity index (χ0) is 10.4. The van der Waals surface area contributed by atoms with Crippen molar-refractivity contribution in [3.05, 3.63) is 20.8 Å². The van der Waals surface area contributed by atoms with E-state index in [2.05, 4.69) is 39.6 Å². The Bertz CT molecular complexity index is 264. The molecular formula is C10H15BrClNS. The summed E-state index contributed by atoms with van der Waals surface area (Å²) < 4.78 is 1.21. The zero-order valence-corrected chi connectivity index (χ0v) is 11.4. The van der Waals surface area contributed by atoms with Gasteiger partial charge in [-0.25, -0.2) is 0 Å². The SMILES string of the molecule is CC(CCCCl)NCc1sccc1Br. The van der Waals surface area contributed by atoms with Gasteiger partial charge in [0.25, 0.3) is 0 Å². The minimum atomic E-state index is 0.544. The van der Waals surface area contributed by atoms with Gasteiger partial charge in [-0.1, -0.05) is 0 Å². The Morgan fingerprint density at radius 2 is 2.43 bits per heavy atom. The fourth-order valence-corrected chi connectivity index (χ4v) is 2.80. The van der Waals surface area contributed by atoms with Crippen LogP contribution in [0, 0.1) is 0 Å². The van der Waals surface area contributed by atoms with Gasteiger partial charge in [0.05, 0.1) is 0 Å².